The maximum atomic E-state index is 9.87. The minimum absolute atomic E-state index is 0. The van der Waals surface area contributed by atoms with E-state index in [9.17, 15) is 25.2 Å². The van der Waals surface area contributed by atoms with E-state index in [1.54, 1.807) is 0 Å². The predicted octanol–water partition coefficient (Wildman–Crippen LogP) is 5.30. The first-order chi connectivity index (χ1) is 8.33. The van der Waals surface area contributed by atoms with Crippen LogP contribution in [0.4, 0.5) is 25.2 Å². The fraction of sp³-hybridized carbons (Fsp3) is 0.250. The first-order valence-electron chi connectivity index (χ1n) is 4.74. The molecule has 20 heavy (non-hydrogen) atoms. The average Bonchev–Trinajstić information content (AvgIpc) is 2.61. The van der Waals surface area contributed by atoms with Crippen LogP contribution in [0.15, 0.2) is 24.3 Å². The van der Waals surface area contributed by atoms with Gasteiger partial charge in [0.15, 0.2) is 0 Å². The summed E-state index contributed by atoms with van der Waals surface area (Å²) in [7, 11) is -10.7. The summed E-state index contributed by atoms with van der Waals surface area (Å²) in [5, 5.41) is 10.2. The van der Waals surface area contributed by atoms with Crippen molar-refractivity contribution in [2.45, 2.75) is 9.88 Å². The Morgan fingerprint density at radius 1 is 1.05 bits per heavy atom. The summed E-state index contributed by atoms with van der Waals surface area (Å²) in [4.78, 5) is 4.59. The third kappa shape index (κ3) is 17.9. The van der Waals surface area contributed by atoms with Gasteiger partial charge < -0.3 is 0 Å². The van der Waals surface area contributed by atoms with Crippen LogP contribution >= 0.6 is 17.7 Å². The van der Waals surface area contributed by atoms with Crippen molar-refractivity contribution < 1.29 is 26.6 Å². The van der Waals surface area contributed by atoms with Crippen molar-refractivity contribution >= 4 is 49.9 Å². The van der Waals surface area contributed by atoms with E-state index in [1.807, 2.05) is 24.3 Å². The summed E-state index contributed by atoms with van der Waals surface area (Å²) in [5.74, 6) is 0. The minimum atomic E-state index is -10.7. The van der Waals surface area contributed by atoms with Crippen molar-refractivity contribution in [1.29, 1.82) is 0 Å². The van der Waals surface area contributed by atoms with Gasteiger partial charge in [0.25, 0.3) is 0 Å². The molecule has 2 rings (SSSR count). The van der Waals surface area contributed by atoms with Crippen LogP contribution in [0, 0.1) is 0 Å². The van der Waals surface area contributed by atoms with Crippen molar-refractivity contribution in [1.82, 2.24) is 15.4 Å². The number of aromatic amines is 1. The Morgan fingerprint density at radius 3 is 1.85 bits per heavy atom. The number of nitrogens with zero attached hydrogens (tertiary/aromatic N) is 2. The molecule has 2 aromatic rings. The molecule has 1 N–H and O–H groups in total. The van der Waals surface area contributed by atoms with Gasteiger partial charge in [0, 0.05) is 0 Å². The number of benzene rings is 1. The third-order valence-electron chi connectivity index (χ3n) is 1.23. The SMILES string of the molecule is F[P-](F)(F)(F)(F)F.P.[CH3][Sn][CH3].[H+].c1ccc2[nH]nnc2c1. The van der Waals surface area contributed by atoms with E-state index < -0.39 is 7.81 Å². The number of para-hydroxylation sites is 1. The Bertz CT molecular complexity index is 479. The van der Waals surface area contributed by atoms with Crippen LogP contribution in [0.5, 0.6) is 0 Å². The molecule has 0 spiro atoms. The summed E-state index contributed by atoms with van der Waals surface area (Å²) >= 11 is 0.230. The summed E-state index contributed by atoms with van der Waals surface area (Å²) in [6.07, 6.45) is 0. The van der Waals surface area contributed by atoms with Crippen LogP contribution in [-0.4, -0.2) is 36.6 Å². The van der Waals surface area contributed by atoms with E-state index in [4.69, 9.17) is 0 Å². The smallest absolute Gasteiger partial charge is 0.258 e. The van der Waals surface area contributed by atoms with E-state index >= 15 is 0 Å². The molecule has 3 nitrogen and oxygen atoms in total. The molecule has 0 aliphatic rings. The van der Waals surface area contributed by atoms with Crippen molar-refractivity contribution in [2.24, 2.45) is 0 Å². The monoisotopic (exact) mass is 449 g/mol. The second-order valence-corrected chi connectivity index (χ2v) is 8.06. The zero-order valence-electron chi connectivity index (χ0n) is 11.6. The zero-order valence-corrected chi connectivity index (χ0v) is 15.8. The minimum Gasteiger partial charge on any atom is -0.258 e. The van der Waals surface area contributed by atoms with Gasteiger partial charge in [-0.05, 0) is 12.1 Å². The average molecular weight is 448 g/mol. The largest absolute Gasteiger partial charge is 1.00 e. The van der Waals surface area contributed by atoms with E-state index in [-0.39, 0.29) is 32.5 Å². The van der Waals surface area contributed by atoms with Crippen molar-refractivity contribution in [3.8, 4) is 0 Å². The summed E-state index contributed by atoms with van der Waals surface area (Å²) < 4.78 is 59.2. The molecule has 2 radical (unpaired) electrons. The van der Waals surface area contributed by atoms with Crippen molar-refractivity contribution in [2.75, 3.05) is 0 Å². The number of fused-ring (bicyclic) bond motifs is 1. The molecule has 1 aromatic heterocycles. The fourth-order valence-corrected chi connectivity index (χ4v) is 0.788. The number of hydrogen-bond donors (Lipinski definition) is 1. The van der Waals surface area contributed by atoms with E-state index in [0.29, 0.717) is 0 Å². The van der Waals surface area contributed by atoms with Crippen LogP contribution in [-0.2, 0) is 0 Å². The Balaban J connectivity index is -0.000000247. The molecule has 1 heterocycles. The first kappa shape index (κ1) is 22.1. The molecule has 0 amide bonds. The molecule has 118 valence electrons. The predicted molar refractivity (Wildman–Crippen MR) is 77.2 cm³/mol. The van der Waals surface area contributed by atoms with E-state index in [2.05, 4.69) is 25.3 Å². The Hall–Kier alpha value is -0.141. The molecular weight excluding hydrogens is 433 g/mol. The molecule has 1 unspecified atom stereocenters. The van der Waals surface area contributed by atoms with Gasteiger partial charge in [0.2, 0.25) is 0 Å². The van der Waals surface area contributed by atoms with Gasteiger partial charge >= 0.3 is 65.4 Å². The van der Waals surface area contributed by atoms with Gasteiger partial charge in [-0.3, -0.25) is 5.10 Å². The van der Waals surface area contributed by atoms with Crippen LogP contribution in [0.3, 0.4) is 0 Å². The summed E-state index contributed by atoms with van der Waals surface area (Å²) in [6, 6.07) is 7.74. The molecule has 0 saturated carbocycles. The zero-order chi connectivity index (χ0) is 15.2. The van der Waals surface area contributed by atoms with E-state index in [1.165, 1.54) is 0 Å². The van der Waals surface area contributed by atoms with Crippen LogP contribution < -0.4 is 0 Å². The Morgan fingerprint density at radius 2 is 1.45 bits per heavy atom. The second kappa shape index (κ2) is 7.22. The molecule has 0 aliphatic heterocycles. The number of halogens is 6. The molecule has 0 saturated heterocycles. The quantitative estimate of drug-likeness (QED) is 0.338. The molecule has 1 aromatic carbocycles. The first-order valence-corrected chi connectivity index (χ1v) is 12.5. The molecule has 0 aliphatic carbocycles. The van der Waals surface area contributed by atoms with Gasteiger partial charge in [-0.1, -0.05) is 17.3 Å². The summed E-state index contributed by atoms with van der Waals surface area (Å²) in [5.41, 5.74) is 1.90. The van der Waals surface area contributed by atoms with Gasteiger partial charge in [-0.25, -0.2) is 0 Å². The number of H-pyrrole nitrogens is 1. The molecule has 12 heteroatoms. The van der Waals surface area contributed by atoms with Gasteiger partial charge in [0.1, 0.15) is 5.52 Å². The van der Waals surface area contributed by atoms with Crippen LogP contribution in [0.2, 0.25) is 9.88 Å². The van der Waals surface area contributed by atoms with Crippen molar-refractivity contribution in [3.63, 3.8) is 0 Å². The maximum absolute atomic E-state index is 10.7. The van der Waals surface area contributed by atoms with E-state index in [0.717, 1.165) is 11.0 Å². The molecular formula is C8H15F6N3P2Sn. The second-order valence-electron chi connectivity index (χ2n) is 3.29. The van der Waals surface area contributed by atoms with Crippen LogP contribution in [0.25, 0.3) is 11.0 Å². The molecule has 1 atom stereocenters. The third-order valence-corrected chi connectivity index (χ3v) is 1.23. The summed E-state index contributed by atoms with van der Waals surface area (Å²) in [6.45, 7) is 0. The van der Waals surface area contributed by atoms with Gasteiger partial charge in [0.05, 0.1) is 5.52 Å². The number of nitrogens with one attached hydrogen (secondary N) is 1. The normalized spacial score (nSPS) is 13.6. The number of rotatable bonds is 0. The Kier molecular flexibility index (Phi) is 8.00. The van der Waals surface area contributed by atoms with Crippen LogP contribution in [0.1, 0.15) is 1.43 Å². The standard InChI is InChI=1S/C6H5N3.2CH3.F6P.H3P.Sn/c1-2-4-6-5(3-1)7-9-8-6;;;1-7(2,3,4,5)6;;/h1-4H,(H,7,8,9);2*1H3;;1H3;/q;;;-1;;/p+1. The van der Waals surface area contributed by atoms with Gasteiger partial charge in [-0.2, -0.15) is 9.90 Å². The van der Waals surface area contributed by atoms with Gasteiger partial charge in [-0.15, -0.1) is 5.10 Å². The fourth-order valence-electron chi connectivity index (χ4n) is 0.788. The number of aromatic nitrogens is 3. The topological polar surface area (TPSA) is 41.6 Å². The molecule has 0 fully saturated rings. The van der Waals surface area contributed by atoms with Crippen molar-refractivity contribution in [3.05, 3.63) is 24.3 Å². The maximum Gasteiger partial charge on any atom is 1.00 e. The number of hydrogen-bond acceptors (Lipinski definition) is 2. The molecule has 0 bridgehead atoms. The Labute approximate surface area is 126 Å².